The van der Waals surface area contributed by atoms with Crippen LogP contribution in [-0.2, 0) is 0 Å². The van der Waals surface area contributed by atoms with Crippen molar-refractivity contribution < 1.29 is 5.11 Å². The van der Waals surface area contributed by atoms with E-state index in [-0.39, 0.29) is 18.4 Å². The SMILES string of the molecule is CCC[C@@H](N)c1ccc(O)c2ccccc12.Cl. The van der Waals surface area contributed by atoms with Gasteiger partial charge in [-0.25, -0.2) is 0 Å². The van der Waals surface area contributed by atoms with E-state index in [1.807, 2.05) is 30.3 Å². The van der Waals surface area contributed by atoms with Gasteiger partial charge in [-0.2, -0.15) is 0 Å². The molecule has 17 heavy (non-hydrogen) atoms. The summed E-state index contributed by atoms with van der Waals surface area (Å²) < 4.78 is 0. The van der Waals surface area contributed by atoms with Gasteiger partial charge in [-0.15, -0.1) is 12.4 Å². The van der Waals surface area contributed by atoms with Crippen LogP contribution in [0.15, 0.2) is 36.4 Å². The van der Waals surface area contributed by atoms with E-state index >= 15 is 0 Å². The molecular formula is C14H18ClNO. The molecule has 0 saturated heterocycles. The van der Waals surface area contributed by atoms with Crippen LogP contribution < -0.4 is 5.73 Å². The van der Waals surface area contributed by atoms with Crippen molar-refractivity contribution in [3.63, 3.8) is 0 Å². The molecule has 2 aromatic rings. The van der Waals surface area contributed by atoms with E-state index in [0.717, 1.165) is 29.2 Å². The molecule has 2 aromatic carbocycles. The Morgan fingerprint density at radius 3 is 2.41 bits per heavy atom. The summed E-state index contributed by atoms with van der Waals surface area (Å²) in [6, 6.07) is 11.6. The number of hydrogen-bond donors (Lipinski definition) is 2. The van der Waals surface area contributed by atoms with Gasteiger partial charge >= 0.3 is 0 Å². The van der Waals surface area contributed by atoms with Crippen molar-refractivity contribution in [1.29, 1.82) is 0 Å². The van der Waals surface area contributed by atoms with Crippen molar-refractivity contribution >= 4 is 23.2 Å². The summed E-state index contributed by atoms with van der Waals surface area (Å²) in [6.07, 6.45) is 2.03. The first kappa shape index (κ1) is 13.8. The molecule has 0 aromatic heterocycles. The predicted molar refractivity (Wildman–Crippen MR) is 74.7 cm³/mol. The highest BCUT2D eigenvalue weighted by molar-refractivity contribution is 5.91. The monoisotopic (exact) mass is 251 g/mol. The van der Waals surface area contributed by atoms with Crippen LogP contribution in [0, 0.1) is 0 Å². The highest BCUT2D eigenvalue weighted by atomic mass is 35.5. The zero-order chi connectivity index (χ0) is 11.5. The van der Waals surface area contributed by atoms with Crippen molar-refractivity contribution in [1.82, 2.24) is 0 Å². The fourth-order valence-corrected chi connectivity index (χ4v) is 2.10. The summed E-state index contributed by atoms with van der Waals surface area (Å²) >= 11 is 0. The minimum atomic E-state index is 0. The van der Waals surface area contributed by atoms with Gasteiger partial charge in [0.05, 0.1) is 0 Å². The number of fused-ring (bicyclic) bond motifs is 1. The van der Waals surface area contributed by atoms with Gasteiger partial charge in [0.2, 0.25) is 0 Å². The number of halogens is 1. The minimum Gasteiger partial charge on any atom is -0.507 e. The van der Waals surface area contributed by atoms with Crippen molar-refractivity contribution in [2.45, 2.75) is 25.8 Å². The fourth-order valence-electron chi connectivity index (χ4n) is 2.10. The highest BCUT2D eigenvalue weighted by Crippen LogP contribution is 2.31. The summed E-state index contributed by atoms with van der Waals surface area (Å²) in [5.74, 6) is 0.322. The fraction of sp³-hybridized carbons (Fsp3) is 0.286. The van der Waals surface area contributed by atoms with Crippen LogP contribution in [0.5, 0.6) is 5.75 Å². The van der Waals surface area contributed by atoms with Gasteiger partial charge in [-0.1, -0.05) is 43.7 Å². The van der Waals surface area contributed by atoms with E-state index in [4.69, 9.17) is 5.73 Å². The van der Waals surface area contributed by atoms with E-state index in [0.29, 0.717) is 5.75 Å². The molecule has 3 N–H and O–H groups in total. The normalized spacial score (nSPS) is 12.1. The quantitative estimate of drug-likeness (QED) is 0.872. The lowest BCUT2D eigenvalue weighted by Crippen LogP contribution is -2.10. The van der Waals surface area contributed by atoms with Gasteiger partial charge in [0.25, 0.3) is 0 Å². The summed E-state index contributed by atoms with van der Waals surface area (Å²) in [6.45, 7) is 2.13. The summed E-state index contributed by atoms with van der Waals surface area (Å²) in [5.41, 5.74) is 7.26. The Hall–Kier alpha value is -1.25. The molecule has 0 fully saturated rings. The molecule has 0 amide bonds. The molecule has 0 unspecified atom stereocenters. The van der Waals surface area contributed by atoms with Crippen LogP contribution in [-0.4, -0.2) is 5.11 Å². The molecule has 3 heteroatoms. The molecule has 2 rings (SSSR count). The van der Waals surface area contributed by atoms with E-state index in [9.17, 15) is 5.11 Å². The summed E-state index contributed by atoms with van der Waals surface area (Å²) in [7, 11) is 0. The lowest BCUT2D eigenvalue weighted by atomic mass is 9.96. The lowest BCUT2D eigenvalue weighted by molar-refractivity contribution is 0.481. The number of nitrogens with two attached hydrogens (primary N) is 1. The van der Waals surface area contributed by atoms with Gasteiger partial charge in [0, 0.05) is 11.4 Å². The molecule has 0 heterocycles. The molecule has 0 aliphatic heterocycles. The zero-order valence-electron chi connectivity index (χ0n) is 9.89. The van der Waals surface area contributed by atoms with E-state index in [2.05, 4.69) is 6.92 Å². The standard InChI is InChI=1S/C14H17NO.ClH/c1-2-5-13(15)11-8-9-14(16)12-7-4-3-6-10(11)12;/h3-4,6-9,13,16H,2,5,15H2,1H3;1H/t13-;/m1./s1. The third-order valence-electron chi connectivity index (χ3n) is 2.93. The maximum absolute atomic E-state index is 9.77. The summed E-state index contributed by atoms with van der Waals surface area (Å²) in [5, 5.41) is 11.7. The first-order valence-corrected chi connectivity index (χ1v) is 5.70. The number of phenolic OH excluding ortho intramolecular Hbond substituents is 1. The first-order valence-electron chi connectivity index (χ1n) is 5.70. The molecule has 0 saturated carbocycles. The topological polar surface area (TPSA) is 46.2 Å². The molecule has 0 aliphatic carbocycles. The van der Waals surface area contributed by atoms with Crippen molar-refractivity contribution in [2.75, 3.05) is 0 Å². The predicted octanol–water partition coefficient (Wildman–Crippen LogP) is 3.77. The Morgan fingerprint density at radius 2 is 1.76 bits per heavy atom. The molecule has 0 bridgehead atoms. The Labute approximate surface area is 108 Å². The third-order valence-corrected chi connectivity index (χ3v) is 2.93. The van der Waals surface area contributed by atoms with Crippen LogP contribution in [0.2, 0.25) is 0 Å². The zero-order valence-corrected chi connectivity index (χ0v) is 10.7. The van der Waals surface area contributed by atoms with Crippen molar-refractivity contribution in [2.24, 2.45) is 5.73 Å². The largest absolute Gasteiger partial charge is 0.507 e. The molecule has 1 atom stereocenters. The first-order chi connectivity index (χ1) is 7.74. The molecule has 0 radical (unpaired) electrons. The molecule has 92 valence electrons. The van der Waals surface area contributed by atoms with Crippen molar-refractivity contribution in [3.05, 3.63) is 42.0 Å². The lowest BCUT2D eigenvalue weighted by Gasteiger charge is -2.14. The molecular weight excluding hydrogens is 234 g/mol. The maximum atomic E-state index is 9.77. The average Bonchev–Trinajstić information content (AvgIpc) is 2.30. The molecule has 0 aliphatic rings. The third kappa shape index (κ3) is 2.71. The number of benzene rings is 2. The number of phenols is 1. The van der Waals surface area contributed by atoms with Crippen LogP contribution in [0.1, 0.15) is 31.4 Å². The average molecular weight is 252 g/mol. The van der Waals surface area contributed by atoms with Gasteiger partial charge in [-0.05, 0) is 23.4 Å². The van der Waals surface area contributed by atoms with Crippen LogP contribution in [0.4, 0.5) is 0 Å². The van der Waals surface area contributed by atoms with Crippen molar-refractivity contribution in [3.8, 4) is 5.75 Å². The second kappa shape index (κ2) is 5.89. The van der Waals surface area contributed by atoms with Gasteiger partial charge in [0.15, 0.2) is 0 Å². The van der Waals surface area contributed by atoms with Crippen LogP contribution >= 0.6 is 12.4 Å². The Balaban J connectivity index is 0.00000144. The second-order valence-corrected chi connectivity index (χ2v) is 4.11. The Morgan fingerprint density at radius 1 is 1.12 bits per heavy atom. The van der Waals surface area contributed by atoms with E-state index < -0.39 is 0 Å². The number of rotatable bonds is 3. The van der Waals surface area contributed by atoms with Crippen LogP contribution in [0.25, 0.3) is 10.8 Å². The second-order valence-electron chi connectivity index (χ2n) is 4.11. The van der Waals surface area contributed by atoms with Gasteiger partial charge < -0.3 is 10.8 Å². The Bertz CT molecular complexity index is 499. The maximum Gasteiger partial charge on any atom is 0.123 e. The number of hydrogen-bond acceptors (Lipinski definition) is 2. The minimum absolute atomic E-state index is 0. The number of aromatic hydroxyl groups is 1. The molecule has 0 spiro atoms. The Kier molecular flexibility index (Phi) is 4.79. The van der Waals surface area contributed by atoms with Gasteiger partial charge in [-0.3, -0.25) is 0 Å². The van der Waals surface area contributed by atoms with Crippen LogP contribution in [0.3, 0.4) is 0 Å². The molecule has 2 nitrogen and oxygen atoms in total. The van der Waals surface area contributed by atoms with E-state index in [1.54, 1.807) is 6.07 Å². The van der Waals surface area contributed by atoms with Gasteiger partial charge in [0.1, 0.15) is 5.75 Å². The highest BCUT2D eigenvalue weighted by Gasteiger charge is 2.10. The summed E-state index contributed by atoms with van der Waals surface area (Å²) in [4.78, 5) is 0. The van der Waals surface area contributed by atoms with E-state index in [1.165, 1.54) is 0 Å². The smallest absolute Gasteiger partial charge is 0.123 e.